The van der Waals surface area contributed by atoms with Crippen LogP contribution in [0.1, 0.15) is 5.82 Å². The van der Waals surface area contributed by atoms with Crippen LogP contribution < -0.4 is 4.74 Å². The summed E-state index contributed by atoms with van der Waals surface area (Å²) in [5, 5.41) is 9.24. The van der Waals surface area contributed by atoms with Crippen LogP contribution in [0.4, 0.5) is 0 Å². The number of phenols is 1. The van der Waals surface area contributed by atoms with E-state index in [0.29, 0.717) is 11.6 Å². The van der Waals surface area contributed by atoms with E-state index in [2.05, 4.69) is 25.9 Å². The first-order valence-electron chi connectivity index (χ1n) is 4.63. The molecule has 2 rings (SSSR count). The fraction of sp³-hybridized carbons (Fsp3) is 0.0909. The molecule has 0 aliphatic carbocycles. The smallest absolute Gasteiger partial charge is 0.167 e. The van der Waals surface area contributed by atoms with Gasteiger partial charge >= 0.3 is 0 Å². The van der Waals surface area contributed by atoms with Crippen LogP contribution in [0.3, 0.4) is 0 Å². The van der Waals surface area contributed by atoms with Gasteiger partial charge in [0.15, 0.2) is 5.82 Å². The van der Waals surface area contributed by atoms with E-state index in [0.717, 1.165) is 4.60 Å². The monoisotopic (exact) mass is 280 g/mol. The molecule has 1 aromatic carbocycles. The number of aromatic nitrogens is 2. The lowest BCUT2D eigenvalue weighted by molar-refractivity contribution is 0.294. The number of nitrogens with zero attached hydrogens (tertiary/aromatic N) is 2. The number of hydrogen-bond donors (Lipinski definition) is 1. The van der Waals surface area contributed by atoms with Gasteiger partial charge in [0.2, 0.25) is 0 Å². The van der Waals surface area contributed by atoms with Crippen molar-refractivity contribution in [2.75, 3.05) is 0 Å². The van der Waals surface area contributed by atoms with Crippen LogP contribution in [-0.4, -0.2) is 15.1 Å². The van der Waals surface area contributed by atoms with Crippen molar-refractivity contribution >= 4 is 15.9 Å². The van der Waals surface area contributed by atoms with Gasteiger partial charge in [-0.3, -0.25) is 0 Å². The van der Waals surface area contributed by atoms with Crippen LogP contribution in [0.25, 0.3) is 0 Å². The lowest BCUT2D eigenvalue weighted by Crippen LogP contribution is -2.00. The van der Waals surface area contributed by atoms with E-state index in [1.54, 1.807) is 30.5 Å². The van der Waals surface area contributed by atoms with E-state index in [4.69, 9.17) is 4.74 Å². The predicted molar refractivity (Wildman–Crippen MR) is 62.2 cm³/mol. The standard InChI is InChI=1S/C11H9BrN2O2/c12-10-4-5-13-11(14-10)7-16-9-3-1-2-8(15)6-9/h1-6,15H,7H2. The molecule has 0 amide bonds. The normalized spacial score (nSPS) is 10.1. The second-order valence-corrected chi connectivity index (χ2v) is 3.89. The summed E-state index contributed by atoms with van der Waals surface area (Å²) in [7, 11) is 0. The fourth-order valence-corrected chi connectivity index (χ4v) is 1.49. The van der Waals surface area contributed by atoms with Gasteiger partial charge in [-0.25, -0.2) is 9.97 Å². The van der Waals surface area contributed by atoms with E-state index in [1.165, 1.54) is 6.07 Å². The van der Waals surface area contributed by atoms with Crippen molar-refractivity contribution < 1.29 is 9.84 Å². The first-order chi connectivity index (χ1) is 7.74. The highest BCUT2D eigenvalue weighted by Gasteiger charge is 2.00. The third-order valence-electron chi connectivity index (χ3n) is 1.86. The van der Waals surface area contributed by atoms with Gasteiger partial charge in [-0.1, -0.05) is 6.07 Å². The Labute approximate surface area is 101 Å². The van der Waals surface area contributed by atoms with Gasteiger partial charge in [0.05, 0.1) is 0 Å². The molecule has 1 aromatic heterocycles. The maximum atomic E-state index is 9.24. The zero-order valence-electron chi connectivity index (χ0n) is 8.30. The molecule has 0 aliphatic heterocycles. The molecule has 1 N–H and O–H groups in total. The Bertz CT molecular complexity index is 445. The van der Waals surface area contributed by atoms with Gasteiger partial charge in [0.25, 0.3) is 0 Å². The largest absolute Gasteiger partial charge is 0.508 e. The number of hydrogen-bond acceptors (Lipinski definition) is 4. The number of rotatable bonds is 3. The van der Waals surface area contributed by atoms with Crippen molar-refractivity contribution in [3.8, 4) is 11.5 Å². The van der Waals surface area contributed by atoms with Crippen molar-refractivity contribution in [1.29, 1.82) is 0 Å². The SMILES string of the molecule is Oc1cccc(OCc2nccc(Br)n2)c1. The van der Waals surface area contributed by atoms with E-state index in [-0.39, 0.29) is 12.4 Å². The molecule has 0 bridgehead atoms. The lowest BCUT2D eigenvalue weighted by Gasteiger charge is -2.05. The molecule has 0 aliphatic rings. The number of benzene rings is 1. The summed E-state index contributed by atoms with van der Waals surface area (Å²) >= 11 is 3.25. The molecule has 0 saturated heterocycles. The Morgan fingerprint density at radius 2 is 2.19 bits per heavy atom. The maximum absolute atomic E-state index is 9.24. The van der Waals surface area contributed by atoms with Crippen molar-refractivity contribution in [2.24, 2.45) is 0 Å². The number of halogens is 1. The molecule has 82 valence electrons. The maximum Gasteiger partial charge on any atom is 0.167 e. The van der Waals surface area contributed by atoms with E-state index in [9.17, 15) is 5.11 Å². The Morgan fingerprint density at radius 3 is 2.94 bits per heavy atom. The van der Waals surface area contributed by atoms with Crippen LogP contribution >= 0.6 is 15.9 Å². The van der Waals surface area contributed by atoms with Gasteiger partial charge in [-0.05, 0) is 34.1 Å². The van der Waals surface area contributed by atoms with Gasteiger partial charge < -0.3 is 9.84 Å². The van der Waals surface area contributed by atoms with Crippen molar-refractivity contribution in [3.05, 3.63) is 47.0 Å². The van der Waals surface area contributed by atoms with Crippen LogP contribution in [0, 0.1) is 0 Å². The van der Waals surface area contributed by atoms with Crippen LogP contribution in [0.5, 0.6) is 11.5 Å². The van der Waals surface area contributed by atoms with Gasteiger partial charge in [-0.15, -0.1) is 0 Å². The molecule has 16 heavy (non-hydrogen) atoms. The van der Waals surface area contributed by atoms with Gasteiger partial charge in [0, 0.05) is 12.3 Å². The van der Waals surface area contributed by atoms with Crippen molar-refractivity contribution in [2.45, 2.75) is 6.61 Å². The Kier molecular flexibility index (Phi) is 3.36. The molecular weight excluding hydrogens is 272 g/mol. The summed E-state index contributed by atoms with van der Waals surface area (Å²) in [5.41, 5.74) is 0. The molecule has 0 fully saturated rings. The molecule has 2 aromatic rings. The minimum absolute atomic E-state index is 0.174. The third-order valence-corrected chi connectivity index (χ3v) is 2.30. The second kappa shape index (κ2) is 4.94. The summed E-state index contributed by atoms with van der Waals surface area (Å²) in [5.74, 6) is 1.34. The highest BCUT2D eigenvalue weighted by Crippen LogP contribution is 2.18. The molecular formula is C11H9BrN2O2. The molecule has 0 saturated carbocycles. The van der Waals surface area contributed by atoms with Crippen LogP contribution in [0.15, 0.2) is 41.1 Å². The summed E-state index contributed by atoms with van der Waals surface area (Å²) in [4.78, 5) is 8.18. The first-order valence-corrected chi connectivity index (χ1v) is 5.42. The van der Waals surface area contributed by atoms with Gasteiger partial charge in [-0.2, -0.15) is 0 Å². The Balaban J connectivity index is 2.02. The fourth-order valence-electron chi connectivity index (χ4n) is 1.16. The molecule has 1 heterocycles. The van der Waals surface area contributed by atoms with Crippen LogP contribution in [-0.2, 0) is 6.61 Å². The predicted octanol–water partition coefficient (Wildman–Crippen LogP) is 2.52. The highest BCUT2D eigenvalue weighted by atomic mass is 79.9. The average Bonchev–Trinajstić information content (AvgIpc) is 2.27. The van der Waals surface area contributed by atoms with Crippen molar-refractivity contribution in [3.63, 3.8) is 0 Å². The second-order valence-electron chi connectivity index (χ2n) is 3.08. The van der Waals surface area contributed by atoms with E-state index in [1.807, 2.05) is 0 Å². The lowest BCUT2D eigenvalue weighted by atomic mass is 10.3. The molecule has 0 atom stereocenters. The van der Waals surface area contributed by atoms with E-state index >= 15 is 0 Å². The van der Waals surface area contributed by atoms with Crippen LogP contribution in [0.2, 0.25) is 0 Å². The molecule has 0 spiro atoms. The molecule has 4 nitrogen and oxygen atoms in total. The van der Waals surface area contributed by atoms with E-state index < -0.39 is 0 Å². The molecule has 0 radical (unpaired) electrons. The van der Waals surface area contributed by atoms with Crippen molar-refractivity contribution in [1.82, 2.24) is 9.97 Å². The third kappa shape index (κ3) is 2.93. The topological polar surface area (TPSA) is 55.2 Å². The summed E-state index contributed by atoms with van der Waals surface area (Å²) < 4.78 is 6.14. The highest BCUT2D eigenvalue weighted by molar-refractivity contribution is 9.10. The quantitative estimate of drug-likeness (QED) is 0.878. The number of ether oxygens (including phenoxy) is 1. The summed E-state index contributed by atoms with van der Waals surface area (Å²) in [6.45, 7) is 0.267. The molecule has 0 unspecified atom stereocenters. The zero-order chi connectivity index (χ0) is 11.4. The minimum Gasteiger partial charge on any atom is -0.508 e. The first kappa shape index (κ1) is 10.9. The Morgan fingerprint density at radius 1 is 1.31 bits per heavy atom. The molecule has 5 heteroatoms. The zero-order valence-corrected chi connectivity index (χ0v) is 9.89. The average molecular weight is 281 g/mol. The number of phenolic OH excluding ortho intramolecular Hbond substituents is 1. The minimum atomic E-state index is 0.174. The summed E-state index contributed by atoms with van der Waals surface area (Å²) in [6.07, 6.45) is 1.65. The van der Waals surface area contributed by atoms with Gasteiger partial charge in [0.1, 0.15) is 22.7 Å². The summed E-state index contributed by atoms with van der Waals surface area (Å²) in [6, 6.07) is 8.35. The number of aromatic hydroxyl groups is 1. The Hall–Kier alpha value is -1.62.